The molecule has 0 N–H and O–H groups in total. The number of benzene rings is 4. The van der Waals surface area contributed by atoms with E-state index in [2.05, 4.69) is 140 Å². The lowest BCUT2D eigenvalue weighted by atomic mass is 9.62. The summed E-state index contributed by atoms with van der Waals surface area (Å²) in [5.74, 6) is 3.42. The molecule has 200 valence electrons. The summed E-state index contributed by atoms with van der Waals surface area (Å²) in [6.07, 6.45) is 18.7. The summed E-state index contributed by atoms with van der Waals surface area (Å²) in [6.45, 7) is 0. The van der Waals surface area contributed by atoms with E-state index in [1.54, 1.807) is 0 Å². The quantitative estimate of drug-likeness (QED) is 0.224. The van der Waals surface area contributed by atoms with Gasteiger partial charge in [-0.05, 0) is 35.7 Å². The van der Waals surface area contributed by atoms with Crippen LogP contribution in [0.3, 0.4) is 0 Å². The second-order valence-corrected chi connectivity index (χ2v) is 11.6. The van der Waals surface area contributed by atoms with Crippen LogP contribution in [-0.2, 0) is 5.41 Å². The van der Waals surface area contributed by atoms with E-state index in [1.807, 2.05) is 0 Å². The molecule has 0 fully saturated rings. The first-order valence-electron chi connectivity index (χ1n) is 14.8. The molecule has 3 nitrogen and oxygen atoms in total. The standard InChI is InChI=1S/C39H28N2O/c1-2-12-25(13-3-1)38-40-34-20-10-6-16-29(34)37(41-38)26-22-23-33-36(24-26)42-35-21-11-9-19-32(35)39(33)30-17-7-4-14-27(30)28-15-5-8-18-31(28)39/h1-12,14-25,27,30H,13H2. The van der Waals surface area contributed by atoms with Gasteiger partial charge in [0.05, 0.1) is 16.6 Å². The van der Waals surface area contributed by atoms with Crippen molar-refractivity contribution in [3.8, 4) is 22.8 Å². The summed E-state index contributed by atoms with van der Waals surface area (Å²) < 4.78 is 6.77. The van der Waals surface area contributed by atoms with Gasteiger partial charge < -0.3 is 4.74 Å². The van der Waals surface area contributed by atoms with Gasteiger partial charge in [0.25, 0.3) is 0 Å². The highest BCUT2D eigenvalue weighted by molar-refractivity contribution is 5.93. The summed E-state index contributed by atoms with van der Waals surface area (Å²) in [4.78, 5) is 10.2. The lowest BCUT2D eigenvalue weighted by molar-refractivity contribution is 0.374. The fourth-order valence-corrected chi connectivity index (χ4v) is 7.77. The number of aromatic nitrogens is 2. The first-order chi connectivity index (χ1) is 20.8. The van der Waals surface area contributed by atoms with E-state index in [9.17, 15) is 0 Å². The number of allylic oxidation sites excluding steroid dienone is 8. The van der Waals surface area contributed by atoms with Crippen molar-refractivity contribution in [3.05, 3.63) is 168 Å². The number of nitrogens with zero attached hydrogens (tertiary/aromatic N) is 2. The van der Waals surface area contributed by atoms with Gasteiger partial charge in [0.1, 0.15) is 17.3 Å². The molecule has 0 radical (unpaired) electrons. The molecule has 0 amide bonds. The normalized spacial score (nSPS) is 24.2. The molecule has 4 aliphatic rings. The third-order valence-electron chi connectivity index (χ3n) is 9.52. The third kappa shape index (κ3) is 3.22. The molecule has 1 spiro atoms. The Labute approximate surface area is 245 Å². The second-order valence-electron chi connectivity index (χ2n) is 11.6. The lowest BCUT2D eigenvalue weighted by Crippen LogP contribution is -2.37. The minimum atomic E-state index is -0.344. The summed E-state index contributed by atoms with van der Waals surface area (Å²) in [5.41, 5.74) is 7.82. The maximum Gasteiger partial charge on any atom is 0.136 e. The van der Waals surface area contributed by atoms with E-state index < -0.39 is 0 Å². The molecule has 0 saturated carbocycles. The van der Waals surface area contributed by atoms with E-state index >= 15 is 0 Å². The van der Waals surface area contributed by atoms with E-state index in [0.717, 1.165) is 45.9 Å². The zero-order chi connectivity index (χ0) is 27.7. The Kier molecular flexibility index (Phi) is 5.06. The van der Waals surface area contributed by atoms with Crippen LogP contribution in [0.15, 0.2) is 140 Å². The number of hydrogen-bond donors (Lipinski definition) is 0. The van der Waals surface area contributed by atoms with Gasteiger partial charge in [0, 0.05) is 39.8 Å². The van der Waals surface area contributed by atoms with Crippen LogP contribution in [0.4, 0.5) is 0 Å². The van der Waals surface area contributed by atoms with Crippen LogP contribution < -0.4 is 4.74 Å². The fraction of sp³-hybridized carbons (Fsp3) is 0.128. The smallest absolute Gasteiger partial charge is 0.136 e. The Hall–Kier alpha value is -5.02. The number of hydrogen-bond acceptors (Lipinski definition) is 3. The number of rotatable bonds is 2. The van der Waals surface area contributed by atoms with Crippen molar-refractivity contribution in [2.75, 3.05) is 0 Å². The molecule has 2 heterocycles. The van der Waals surface area contributed by atoms with E-state index in [0.29, 0.717) is 5.92 Å². The average Bonchev–Trinajstić information content (AvgIpc) is 3.35. The highest BCUT2D eigenvalue weighted by Crippen LogP contribution is 2.64. The molecule has 0 saturated heterocycles. The monoisotopic (exact) mass is 540 g/mol. The zero-order valence-electron chi connectivity index (χ0n) is 23.0. The topological polar surface area (TPSA) is 35.0 Å². The van der Waals surface area contributed by atoms with Crippen molar-refractivity contribution in [2.24, 2.45) is 5.92 Å². The molecule has 1 aliphatic heterocycles. The van der Waals surface area contributed by atoms with E-state index in [1.165, 1.54) is 22.3 Å². The van der Waals surface area contributed by atoms with Crippen LogP contribution in [0.5, 0.6) is 11.5 Å². The maximum absolute atomic E-state index is 6.77. The van der Waals surface area contributed by atoms with Crippen LogP contribution in [0.1, 0.15) is 46.3 Å². The lowest BCUT2D eigenvalue weighted by Gasteiger charge is -2.43. The van der Waals surface area contributed by atoms with Gasteiger partial charge in [-0.15, -0.1) is 0 Å². The molecule has 3 heteroatoms. The number of ether oxygens (including phenoxy) is 1. The predicted molar refractivity (Wildman–Crippen MR) is 168 cm³/mol. The Balaban J connectivity index is 1.29. The molecule has 4 atom stereocenters. The molecule has 42 heavy (non-hydrogen) atoms. The second kappa shape index (κ2) is 8.99. The van der Waals surface area contributed by atoms with Crippen molar-refractivity contribution >= 4 is 10.9 Å². The SMILES string of the molecule is C1=CCC(c2nc(-c3ccc4c(c3)Oc3ccccc3C43c4ccccc4C4C=CC=CC43)c3ccccc3n2)C=C1. The first kappa shape index (κ1) is 23.7. The van der Waals surface area contributed by atoms with Crippen molar-refractivity contribution in [3.63, 3.8) is 0 Å². The fourth-order valence-electron chi connectivity index (χ4n) is 7.77. The van der Waals surface area contributed by atoms with E-state index in [-0.39, 0.29) is 17.3 Å². The molecule has 3 aliphatic carbocycles. The van der Waals surface area contributed by atoms with Gasteiger partial charge in [0.2, 0.25) is 0 Å². The number of para-hydroxylation sites is 2. The molecular weight excluding hydrogens is 512 g/mol. The van der Waals surface area contributed by atoms with Crippen molar-refractivity contribution in [1.29, 1.82) is 0 Å². The predicted octanol–water partition coefficient (Wildman–Crippen LogP) is 9.18. The highest BCUT2D eigenvalue weighted by atomic mass is 16.5. The summed E-state index contributed by atoms with van der Waals surface area (Å²) in [5, 5.41) is 1.05. The van der Waals surface area contributed by atoms with Gasteiger partial charge in [-0.3, -0.25) is 0 Å². The molecule has 4 unspecified atom stereocenters. The van der Waals surface area contributed by atoms with Crippen molar-refractivity contribution < 1.29 is 4.74 Å². The molecule has 1 aromatic heterocycles. The summed E-state index contributed by atoms with van der Waals surface area (Å²) in [7, 11) is 0. The highest BCUT2D eigenvalue weighted by Gasteiger charge is 2.56. The first-order valence-corrected chi connectivity index (χ1v) is 14.8. The Bertz CT molecular complexity index is 2030. The Morgan fingerprint density at radius 1 is 0.667 bits per heavy atom. The molecule has 9 rings (SSSR count). The van der Waals surface area contributed by atoms with Gasteiger partial charge in [0.15, 0.2) is 0 Å². The molecular formula is C39H28N2O. The number of fused-ring (bicyclic) bond motifs is 10. The van der Waals surface area contributed by atoms with Crippen molar-refractivity contribution in [2.45, 2.75) is 23.7 Å². The minimum absolute atomic E-state index is 0.167. The summed E-state index contributed by atoms with van der Waals surface area (Å²) >= 11 is 0. The van der Waals surface area contributed by atoms with Gasteiger partial charge >= 0.3 is 0 Å². The van der Waals surface area contributed by atoms with Gasteiger partial charge in [-0.1, -0.05) is 121 Å². The average molecular weight is 541 g/mol. The summed E-state index contributed by atoms with van der Waals surface area (Å²) in [6, 6.07) is 32.7. The molecule has 4 aromatic carbocycles. The van der Waals surface area contributed by atoms with Crippen molar-refractivity contribution in [1.82, 2.24) is 9.97 Å². The van der Waals surface area contributed by atoms with Crippen LogP contribution in [-0.4, -0.2) is 9.97 Å². The Morgan fingerprint density at radius 2 is 1.45 bits per heavy atom. The van der Waals surface area contributed by atoms with Gasteiger partial charge in [-0.25, -0.2) is 9.97 Å². The Morgan fingerprint density at radius 3 is 2.38 bits per heavy atom. The minimum Gasteiger partial charge on any atom is -0.457 e. The van der Waals surface area contributed by atoms with Crippen LogP contribution >= 0.6 is 0 Å². The van der Waals surface area contributed by atoms with Crippen LogP contribution in [0.25, 0.3) is 22.2 Å². The maximum atomic E-state index is 6.77. The molecule has 0 bridgehead atoms. The van der Waals surface area contributed by atoms with E-state index in [4.69, 9.17) is 14.7 Å². The van der Waals surface area contributed by atoms with Gasteiger partial charge in [-0.2, -0.15) is 0 Å². The van der Waals surface area contributed by atoms with Crippen LogP contribution in [0, 0.1) is 5.92 Å². The largest absolute Gasteiger partial charge is 0.457 e. The van der Waals surface area contributed by atoms with Crippen LogP contribution in [0.2, 0.25) is 0 Å². The molecule has 5 aromatic rings. The zero-order valence-corrected chi connectivity index (χ0v) is 23.0. The third-order valence-corrected chi connectivity index (χ3v) is 9.52.